The molecular formula is C14H17ClN2O2. The number of hydrogen-bond donors (Lipinski definition) is 2. The van der Waals surface area contributed by atoms with E-state index in [0.29, 0.717) is 23.4 Å². The molecule has 0 atom stereocenters. The van der Waals surface area contributed by atoms with Crippen molar-refractivity contribution in [2.75, 3.05) is 0 Å². The van der Waals surface area contributed by atoms with Crippen molar-refractivity contribution >= 4 is 23.4 Å². The molecule has 102 valence electrons. The molecule has 2 aliphatic rings. The highest BCUT2D eigenvalue weighted by atomic mass is 35.5. The first-order chi connectivity index (χ1) is 9.05. The van der Waals surface area contributed by atoms with Crippen LogP contribution < -0.4 is 11.1 Å². The molecule has 0 radical (unpaired) electrons. The number of hydrogen-bond acceptors (Lipinski definition) is 2. The van der Waals surface area contributed by atoms with Crippen LogP contribution in [0.3, 0.4) is 0 Å². The average molecular weight is 281 g/mol. The highest BCUT2D eigenvalue weighted by Gasteiger charge is 2.41. The maximum Gasteiger partial charge on any atom is 0.253 e. The number of amides is 2. The Morgan fingerprint density at radius 1 is 1.21 bits per heavy atom. The molecule has 0 aromatic rings. The summed E-state index contributed by atoms with van der Waals surface area (Å²) < 4.78 is 0. The maximum atomic E-state index is 12.3. The number of carbonyl (C=O) groups is 2. The number of rotatable bonds is 3. The zero-order valence-electron chi connectivity index (χ0n) is 10.6. The molecule has 0 unspecified atom stereocenters. The van der Waals surface area contributed by atoms with E-state index in [4.69, 9.17) is 17.3 Å². The van der Waals surface area contributed by atoms with Gasteiger partial charge < -0.3 is 11.1 Å². The van der Waals surface area contributed by atoms with E-state index in [2.05, 4.69) is 5.32 Å². The predicted octanol–water partition coefficient (Wildman–Crippen LogP) is 1.91. The second-order valence-corrected chi connectivity index (χ2v) is 5.32. The van der Waals surface area contributed by atoms with Crippen molar-refractivity contribution in [3.63, 3.8) is 0 Å². The smallest absolute Gasteiger partial charge is 0.253 e. The summed E-state index contributed by atoms with van der Waals surface area (Å²) in [5.41, 5.74) is 4.91. The second kappa shape index (κ2) is 5.61. The van der Waals surface area contributed by atoms with Crippen LogP contribution in [0.15, 0.2) is 34.9 Å². The van der Waals surface area contributed by atoms with E-state index in [9.17, 15) is 9.59 Å². The molecule has 0 bridgehead atoms. The van der Waals surface area contributed by atoms with Crippen LogP contribution in [-0.2, 0) is 9.59 Å². The molecule has 0 spiro atoms. The lowest BCUT2D eigenvalue weighted by molar-refractivity contribution is -0.129. The monoisotopic (exact) mass is 280 g/mol. The predicted molar refractivity (Wildman–Crippen MR) is 74.3 cm³/mol. The number of primary amides is 1. The van der Waals surface area contributed by atoms with Crippen LogP contribution in [0.4, 0.5) is 0 Å². The zero-order chi connectivity index (χ0) is 13.9. The molecule has 3 N–H and O–H groups in total. The largest absolute Gasteiger partial charge is 0.368 e. The van der Waals surface area contributed by atoms with Gasteiger partial charge in [0.1, 0.15) is 5.54 Å². The lowest BCUT2D eigenvalue weighted by atomic mass is 9.96. The van der Waals surface area contributed by atoms with Gasteiger partial charge in [0.25, 0.3) is 5.91 Å². The van der Waals surface area contributed by atoms with Crippen molar-refractivity contribution in [3.05, 3.63) is 34.9 Å². The van der Waals surface area contributed by atoms with Gasteiger partial charge in [0, 0.05) is 0 Å². The van der Waals surface area contributed by atoms with Crippen LogP contribution in [0.25, 0.3) is 0 Å². The minimum Gasteiger partial charge on any atom is -0.368 e. The van der Waals surface area contributed by atoms with Gasteiger partial charge in [0.05, 0.1) is 10.6 Å². The van der Waals surface area contributed by atoms with E-state index in [0.717, 1.165) is 19.3 Å². The van der Waals surface area contributed by atoms with Crippen LogP contribution in [0.1, 0.15) is 32.1 Å². The fourth-order valence-corrected chi connectivity index (χ4v) is 2.72. The minimum absolute atomic E-state index is 0.339. The van der Waals surface area contributed by atoms with E-state index >= 15 is 0 Å². The van der Waals surface area contributed by atoms with Gasteiger partial charge in [-0.25, -0.2) is 0 Å². The molecule has 0 aromatic carbocycles. The van der Waals surface area contributed by atoms with Gasteiger partial charge in [-0.1, -0.05) is 42.7 Å². The summed E-state index contributed by atoms with van der Waals surface area (Å²) in [4.78, 5) is 23.9. The van der Waals surface area contributed by atoms with Crippen LogP contribution in [0, 0.1) is 0 Å². The average Bonchev–Trinajstić information content (AvgIpc) is 2.72. The van der Waals surface area contributed by atoms with E-state index in [1.54, 1.807) is 12.2 Å². The molecule has 2 aliphatic carbocycles. The number of allylic oxidation sites excluding steroid dienone is 4. The number of carbonyl (C=O) groups excluding carboxylic acids is 2. The van der Waals surface area contributed by atoms with Crippen molar-refractivity contribution in [3.8, 4) is 0 Å². The van der Waals surface area contributed by atoms with Crippen LogP contribution in [0.2, 0.25) is 0 Å². The standard InChI is InChI=1S/C14H17ClN2O2/c15-11-7-3-1-2-6-10(11)12(18)17-14(13(16)19)8-4-5-9-14/h2-3,6-7H,1,4-5,8-9H2,(H2,16,19)(H,17,18). The Morgan fingerprint density at radius 2 is 1.84 bits per heavy atom. The first kappa shape index (κ1) is 13.9. The van der Waals surface area contributed by atoms with Crippen molar-refractivity contribution in [1.82, 2.24) is 5.32 Å². The first-order valence-corrected chi connectivity index (χ1v) is 6.78. The van der Waals surface area contributed by atoms with Crippen LogP contribution in [0.5, 0.6) is 0 Å². The van der Waals surface area contributed by atoms with Crippen LogP contribution >= 0.6 is 11.6 Å². The number of nitrogens with one attached hydrogen (secondary N) is 1. The summed E-state index contributed by atoms with van der Waals surface area (Å²) in [5.74, 6) is -0.809. The molecule has 19 heavy (non-hydrogen) atoms. The number of nitrogens with two attached hydrogens (primary N) is 1. The third kappa shape index (κ3) is 2.89. The van der Waals surface area contributed by atoms with E-state index in [1.807, 2.05) is 12.2 Å². The fraction of sp³-hybridized carbons (Fsp3) is 0.429. The summed E-state index contributed by atoms with van der Waals surface area (Å²) in [6, 6.07) is 0. The molecule has 1 fully saturated rings. The van der Waals surface area contributed by atoms with Gasteiger partial charge in [-0.2, -0.15) is 0 Å². The Labute approximate surface area is 117 Å². The van der Waals surface area contributed by atoms with Gasteiger partial charge in [0.2, 0.25) is 5.91 Å². The van der Waals surface area contributed by atoms with E-state index < -0.39 is 11.4 Å². The van der Waals surface area contributed by atoms with Crippen molar-refractivity contribution in [1.29, 1.82) is 0 Å². The Hall–Kier alpha value is -1.55. The molecule has 0 saturated heterocycles. The van der Waals surface area contributed by atoms with Crippen molar-refractivity contribution in [2.24, 2.45) is 5.73 Å². The van der Waals surface area contributed by atoms with Gasteiger partial charge in [-0.15, -0.1) is 0 Å². The number of halogens is 1. The molecule has 5 heteroatoms. The summed E-state index contributed by atoms with van der Waals surface area (Å²) >= 11 is 6.06. The lowest BCUT2D eigenvalue weighted by Crippen LogP contribution is -2.55. The third-order valence-electron chi connectivity index (χ3n) is 3.60. The van der Waals surface area contributed by atoms with Gasteiger partial charge in [-0.3, -0.25) is 9.59 Å². The molecular weight excluding hydrogens is 264 g/mol. The van der Waals surface area contributed by atoms with Gasteiger partial charge >= 0.3 is 0 Å². The second-order valence-electron chi connectivity index (χ2n) is 4.91. The molecule has 1 saturated carbocycles. The Morgan fingerprint density at radius 3 is 2.47 bits per heavy atom. The van der Waals surface area contributed by atoms with Gasteiger partial charge in [-0.05, 0) is 25.3 Å². The quantitative estimate of drug-likeness (QED) is 0.829. The molecule has 0 aromatic heterocycles. The third-order valence-corrected chi connectivity index (χ3v) is 3.93. The molecule has 2 amide bonds. The normalized spacial score (nSPS) is 21.3. The van der Waals surface area contributed by atoms with Crippen molar-refractivity contribution in [2.45, 2.75) is 37.6 Å². The Kier molecular flexibility index (Phi) is 4.10. The SMILES string of the molecule is NC(=O)C1(NC(=O)C2=C(Cl)C=CCC=C2)CCCC1. The van der Waals surface area contributed by atoms with E-state index in [-0.39, 0.29) is 5.91 Å². The molecule has 2 rings (SSSR count). The van der Waals surface area contributed by atoms with Crippen LogP contribution in [-0.4, -0.2) is 17.4 Å². The molecule has 0 heterocycles. The minimum atomic E-state index is -0.912. The topological polar surface area (TPSA) is 72.2 Å². The fourth-order valence-electron chi connectivity index (χ4n) is 2.49. The Balaban J connectivity index is 2.21. The molecule has 0 aliphatic heterocycles. The van der Waals surface area contributed by atoms with E-state index in [1.165, 1.54) is 0 Å². The lowest BCUT2D eigenvalue weighted by Gasteiger charge is -2.26. The first-order valence-electron chi connectivity index (χ1n) is 6.40. The van der Waals surface area contributed by atoms with Gasteiger partial charge in [0.15, 0.2) is 0 Å². The summed E-state index contributed by atoms with van der Waals surface area (Å²) in [5, 5.41) is 3.16. The maximum absolute atomic E-state index is 12.3. The van der Waals surface area contributed by atoms with Crippen molar-refractivity contribution < 1.29 is 9.59 Å². The highest BCUT2D eigenvalue weighted by molar-refractivity contribution is 6.34. The summed E-state index contributed by atoms with van der Waals surface area (Å²) in [6.07, 6.45) is 10.8. The summed E-state index contributed by atoms with van der Waals surface area (Å²) in [6.45, 7) is 0. The molecule has 4 nitrogen and oxygen atoms in total. The highest BCUT2D eigenvalue weighted by Crippen LogP contribution is 2.30. The summed E-state index contributed by atoms with van der Waals surface area (Å²) in [7, 11) is 0. The Bertz CT molecular complexity index is 486. The zero-order valence-corrected chi connectivity index (χ0v) is 11.4.